The van der Waals surface area contributed by atoms with Crippen molar-refractivity contribution in [3.63, 3.8) is 0 Å². The number of aromatic carboxylic acids is 1. The van der Waals surface area contributed by atoms with Crippen LogP contribution in [0.5, 0.6) is 0 Å². The zero-order chi connectivity index (χ0) is 18.1. The highest BCUT2D eigenvalue weighted by Gasteiger charge is 2.18. The molecule has 2 aromatic carbocycles. The highest BCUT2D eigenvalue weighted by Crippen LogP contribution is 2.29. The quantitative estimate of drug-likeness (QED) is 0.402. The van der Waals surface area contributed by atoms with E-state index in [0.717, 1.165) is 21.1 Å². The smallest absolute Gasteiger partial charge is 0.357 e. The fourth-order valence-electron chi connectivity index (χ4n) is 2.76. The van der Waals surface area contributed by atoms with Crippen molar-refractivity contribution in [1.29, 1.82) is 0 Å². The Morgan fingerprint density at radius 2 is 1.96 bits per heavy atom. The Hall–Kier alpha value is -1.51. The van der Waals surface area contributed by atoms with Crippen molar-refractivity contribution >= 4 is 63.3 Å². The summed E-state index contributed by atoms with van der Waals surface area (Å²) in [5, 5.41) is 15.0. The van der Waals surface area contributed by atoms with Crippen molar-refractivity contribution in [2.45, 2.75) is 19.9 Å². The van der Waals surface area contributed by atoms with E-state index in [1.165, 1.54) is 0 Å². The van der Waals surface area contributed by atoms with Crippen LogP contribution in [-0.2, 0) is 13.0 Å². The molecule has 0 aliphatic heterocycles. The van der Waals surface area contributed by atoms with Crippen LogP contribution in [0, 0.1) is 8.08 Å². The van der Waals surface area contributed by atoms with Gasteiger partial charge in [-0.05, 0) is 58.3 Å². The van der Waals surface area contributed by atoms with Crippen LogP contribution >= 0.6 is 46.4 Å². The van der Waals surface area contributed by atoms with Gasteiger partial charge in [0.25, 0.3) is 0 Å². The van der Waals surface area contributed by atoms with E-state index in [1.807, 2.05) is 43.3 Å². The van der Waals surface area contributed by atoms with E-state index >= 15 is 0 Å². The molecule has 0 amide bonds. The summed E-state index contributed by atoms with van der Waals surface area (Å²) < 4.78 is 3.00. The summed E-state index contributed by atoms with van der Waals surface area (Å²) in [5.74, 6) is -1.13. The van der Waals surface area contributed by atoms with E-state index in [2.05, 4.69) is 27.7 Å². The second kappa shape index (κ2) is 7.39. The van der Waals surface area contributed by atoms with Gasteiger partial charge in [0, 0.05) is 8.96 Å². The Labute approximate surface area is 168 Å². The molecule has 0 saturated heterocycles. The number of rotatable bonds is 4. The topological polar surface area (TPSA) is 55.1 Å². The molecule has 25 heavy (non-hydrogen) atoms. The molecule has 0 bridgehead atoms. The lowest BCUT2D eigenvalue weighted by molar-refractivity contribution is 0.0687. The monoisotopic (exact) mass is 484 g/mol. The van der Waals surface area contributed by atoms with Crippen LogP contribution in [-0.4, -0.2) is 20.9 Å². The molecule has 128 valence electrons. The second-order valence-corrected chi connectivity index (χ2v) is 7.61. The Morgan fingerprint density at radius 1 is 1.28 bits per heavy atom. The molecule has 0 spiro atoms. The Morgan fingerprint density at radius 3 is 2.56 bits per heavy atom. The first-order valence-electron chi connectivity index (χ1n) is 7.62. The van der Waals surface area contributed by atoms with Gasteiger partial charge in [0.1, 0.15) is 0 Å². The standard InChI is InChI=1S/C18H14ClIN2O2S/c1-2-11-5-8-13(19)16-14(11)17(25)15(18(23)24)21-22(16)9-10-3-6-12(20)7-4-10/h3-8H,2,9H2,1H3,(H,23,24). The molecule has 1 heterocycles. The number of carboxylic acids is 1. The zero-order valence-electron chi connectivity index (χ0n) is 13.3. The maximum Gasteiger partial charge on any atom is 0.357 e. The third kappa shape index (κ3) is 3.56. The van der Waals surface area contributed by atoms with Crippen molar-refractivity contribution in [1.82, 2.24) is 9.78 Å². The first-order chi connectivity index (χ1) is 11.9. The van der Waals surface area contributed by atoms with E-state index < -0.39 is 5.97 Å². The van der Waals surface area contributed by atoms with Gasteiger partial charge in [-0.25, -0.2) is 4.79 Å². The SMILES string of the molecule is CCc1ccc(Cl)c2c1c(=S)c(C(=O)O)nn2Cc1ccc(I)cc1. The zero-order valence-corrected chi connectivity index (χ0v) is 17.0. The number of hydrogen-bond donors (Lipinski definition) is 1. The fraction of sp³-hybridized carbons (Fsp3) is 0.167. The molecule has 0 aliphatic rings. The number of aryl methyl sites for hydroxylation is 1. The lowest BCUT2D eigenvalue weighted by Gasteiger charge is -2.15. The maximum atomic E-state index is 11.6. The summed E-state index contributed by atoms with van der Waals surface area (Å²) in [6.07, 6.45) is 0.726. The van der Waals surface area contributed by atoms with Crippen LogP contribution in [0.4, 0.5) is 0 Å². The first-order valence-corrected chi connectivity index (χ1v) is 9.48. The van der Waals surface area contributed by atoms with Gasteiger partial charge in [0.05, 0.1) is 21.6 Å². The normalized spacial score (nSPS) is 11.0. The minimum absolute atomic E-state index is 0.120. The number of halogens is 2. The number of carbonyl (C=O) groups is 1. The minimum Gasteiger partial charge on any atom is -0.476 e. The van der Waals surface area contributed by atoms with E-state index in [9.17, 15) is 9.90 Å². The fourth-order valence-corrected chi connectivity index (χ4v) is 3.73. The van der Waals surface area contributed by atoms with Crippen LogP contribution in [0.2, 0.25) is 5.02 Å². The van der Waals surface area contributed by atoms with Crippen LogP contribution in [0.25, 0.3) is 10.9 Å². The number of carboxylic acid groups (broad SMARTS) is 1. The van der Waals surface area contributed by atoms with Crippen LogP contribution < -0.4 is 0 Å². The van der Waals surface area contributed by atoms with Crippen LogP contribution in [0.1, 0.15) is 28.5 Å². The van der Waals surface area contributed by atoms with Gasteiger partial charge in [-0.3, -0.25) is 4.68 Å². The van der Waals surface area contributed by atoms with Crippen molar-refractivity contribution < 1.29 is 9.90 Å². The van der Waals surface area contributed by atoms with E-state index in [0.29, 0.717) is 22.5 Å². The number of aromatic nitrogens is 2. The highest BCUT2D eigenvalue weighted by molar-refractivity contribution is 14.1. The molecule has 7 heteroatoms. The summed E-state index contributed by atoms with van der Waals surface area (Å²) in [6.45, 7) is 2.41. The molecule has 0 saturated carbocycles. The third-order valence-corrected chi connectivity index (χ3v) is 5.39. The summed E-state index contributed by atoms with van der Waals surface area (Å²) >= 11 is 14.1. The van der Waals surface area contributed by atoms with Gasteiger partial charge in [0.15, 0.2) is 5.69 Å². The van der Waals surface area contributed by atoms with E-state index in [-0.39, 0.29) is 10.2 Å². The predicted molar refractivity (Wildman–Crippen MR) is 110 cm³/mol. The van der Waals surface area contributed by atoms with E-state index in [4.69, 9.17) is 23.8 Å². The largest absolute Gasteiger partial charge is 0.476 e. The van der Waals surface area contributed by atoms with Gasteiger partial charge in [0.2, 0.25) is 0 Å². The average molecular weight is 485 g/mol. The van der Waals surface area contributed by atoms with Gasteiger partial charge in [-0.2, -0.15) is 5.10 Å². The summed E-state index contributed by atoms with van der Waals surface area (Å²) in [4.78, 5) is 11.6. The molecule has 0 unspecified atom stereocenters. The molecule has 1 aromatic heterocycles. The highest BCUT2D eigenvalue weighted by atomic mass is 127. The molecule has 0 aliphatic carbocycles. The van der Waals surface area contributed by atoms with Crippen LogP contribution in [0.3, 0.4) is 0 Å². The van der Waals surface area contributed by atoms with Crippen LogP contribution in [0.15, 0.2) is 36.4 Å². The molecule has 0 atom stereocenters. The first kappa shape index (κ1) is 18.3. The number of hydrogen-bond acceptors (Lipinski definition) is 3. The molecule has 0 radical (unpaired) electrons. The van der Waals surface area contributed by atoms with Crippen molar-refractivity contribution in [2.75, 3.05) is 0 Å². The molecule has 3 aromatic rings. The Kier molecular flexibility index (Phi) is 5.41. The number of nitrogens with zero attached hydrogens (tertiary/aromatic N) is 2. The van der Waals surface area contributed by atoms with E-state index in [1.54, 1.807) is 4.68 Å². The van der Waals surface area contributed by atoms with Gasteiger partial charge in [-0.1, -0.05) is 48.9 Å². The van der Waals surface area contributed by atoms with Crippen molar-refractivity contribution in [3.8, 4) is 0 Å². The van der Waals surface area contributed by atoms with Gasteiger partial charge in [-0.15, -0.1) is 0 Å². The number of benzene rings is 2. The maximum absolute atomic E-state index is 11.6. The lowest BCUT2D eigenvalue weighted by Crippen LogP contribution is -2.14. The molecule has 3 rings (SSSR count). The van der Waals surface area contributed by atoms with Gasteiger partial charge < -0.3 is 5.11 Å². The Balaban J connectivity index is 2.33. The molecule has 0 fully saturated rings. The minimum atomic E-state index is -1.13. The number of fused-ring (bicyclic) bond motifs is 1. The third-order valence-electron chi connectivity index (χ3n) is 3.97. The molecular formula is C18H14ClIN2O2S. The average Bonchev–Trinajstić information content (AvgIpc) is 2.59. The summed E-state index contributed by atoms with van der Waals surface area (Å²) in [7, 11) is 0. The molecular weight excluding hydrogens is 471 g/mol. The molecule has 1 N–H and O–H groups in total. The predicted octanol–water partition coefficient (Wildman–Crippen LogP) is 5.33. The molecule has 4 nitrogen and oxygen atoms in total. The lowest BCUT2D eigenvalue weighted by atomic mass is 10.1. The summed E-state index contributed by atoms with van der Waals surface area (Å²) in [6, 6.07) is 11.7. The summed E-state index contributed by atoms with van der Waals surface area (Å²) in [5.41, 5.74) is 2.52. The Bertz CT molecular complexity index is 1030. The van der Waals surface area contributed by atoms with Crippen molar-refractivity contribution in [3.05, 3.63) is 66.3 Å². The van der Waals surface area contributed by atoms with Crippen molar-refractivity contribution in [2.24, 2.45) is 0 Å². The second-order valence-electron chi connectivity index (χ2n) is 5.55. The van der Waals surface area contributed by atoms with Gasteiger partial charge >= 0.3 is 5.97 Å².